The molecule has 2 aliphatic rings. The maximum atomic E-state index is 11.7. The van der Waals surface area contributed by atoms with E-state index in [-0.39, 0.29) is 5.91 Å². The normalized spacial score (nSPS) is 25.8. The minimum atomic E-state index is 0.251. The van der Waals surface area contributed by atoms with Crippen molar-refractivity contribution in [1.29, 1.82) is 0 Å². The second kappa shape index (κ2) is 5.85. The van der Waals surface area contributed by atoms with Crippen LogP contribution in [0.3, 0.4) is 0 Å². The molecule has 3 nitrogen and oxygen atoms in total. The largest absolute Gasteiger partial charge is 0.356 e. The number of carbonyl (C=O) groups is 1. The molecule has 0 radical (unpaired) electrons. The minimum absolute atomic E-state index is 0.251. The number of rotatable bonds is 7. The lowest BCUT2D eigenvalue weighted by Crippen LogP contribution is -2.31. The van der Waals surface area contributed by atoms with E-state index in [2.05, 4.69) is 17.6 Å². The van der Waals surface area contributed by atoms with Crippen LogP contribution >= 0.6 is 0 Å². The zero-order chi connectivity index (χ0) is 12.1. The molecule has 2 fully saturated rings. The highest BCUT2D eigenvalue weighted by atomic mass is 16.1. The maximum absolute atomic E-state index is 11.7. The van der Waals surface area contributed by atoms with Crippen LogP contribution < -0.4 is 10.6 Å². The molecule has 2 rings (SSSR count). The lowest BCUT2D eigenvalue weighted by atomic mass is 10.0. The molecule has 3 heteroatoms. The summed E-state index contributed by atoms with van der Waals surface area (Å²) in [5, 5.41) is 6.56. The molecular formula is C14H26N2O. The van der Waals surface area contributed by atoms with Crippen molar-refractivity contribution in [2.75, 3.05) is 13.1 Å². The van der Waals surface area contributed by atoms with Crippen LogP contribution in [0, 0.1) is 5.41 Å². The molecule has 1 atom stereocenters. The number of amides is 1. The van der Waals surface area contributed by atoms with E-state index in [4.69, 9.17) is 0 Å². The van der Waals surface area contributed by atoms with Crippen molar-refractivity contribution in [3.63, 3.8) is 0 Å². The van der Waals surface area contributed by atoms with Gasteiger partial charge in [-0.15, -0.1) is 0 Å². The fraction of sp³-hybridized carbons (Fsp3) is 0.929. The molecule has 1 saturated carbocycles. The molecule has 0 aromatic heterocycles. The monoisotopic (exact) mass is 238 g/mol. The number of hydrogen-bond acceptors (Lipinski definition) is 2. The van der Waals surface area contributed by atoms with Gasteiger partial charge in [0.2, 0.25) is 5.91 Å². The van der Waals surface area contributed by atoms with Crippen molar-refractivity contribution in [2.24, 2.45) is 5.41 Å². The molecule has 0 spiro atoms. The van der Waals surface area contributed by atoms with E-state index in [0.717, 1.165) is 19.5 Å². The van der Waals surface area contributed by atoms with Gasteiger partial charge >= 0.3 is 0 Å². The van der Waals surface area contributed by atoms with Crippen LogP contribution in [0.4, 0.5) is 0 Å². The third kappa shape index (κ3) is 3.98. The molecule has 2 N–H and O–H groups in total. The van der Waals surface area contributed by atoms with Gasteiger partial charge in [0.15, 0.2) is 0 Å². The summed E-state index contributed by atoms with van der Waals surface area (Å²) >= 11 is 0. The van der Waals surface area contributed by atoms with Crippen LogP contribution in [0.15, 0.2) is 0 Å². The Bertz CT molecular complexity index is 255. The van der Waals surface area contributed by atoms with Crippen LogP contribution in [-0.2, 0) is 4.79 Å². The summed E-state index contributed by atoms with van der Waals surface area (Å²) in [5.41, 5.74) is 0.482. The predicted molar refractivity (Wildman–Crippen MR) is 69.8 cm³/mol. The standard InChI is InChI=1S/C14H26N2O/c1-2-7-14(8-9-14)11-16-13(17)6-5-12-4-3-10-15-12/h12,15H,2-11H2,1H3,(H,16,17). The van der Waals surface area contributed by atoms with Crippen molar-refractivity contribution < 1.29 is 4.79 Å². The summed E-state index contributed by atoms with van der Waals surface area (Å²) in [5.74, 6) is 0.251. The maximum Gasteiger partial charge on any atom is 0.220 e. The molecule has 1 amide bonds. The van der Waals surface area contributed by atoms with Gasteiger partial charge in [0.1, 0.15) is 0 Å². The molecule has 17 heavy (non-hydrogen) atoms. The van der Waals surface area contributed by atoms with Crippen molar-refractivity contribution in [3.8, 4) is 0 Å². The van der Waals surface area contributed by atoms with Gasteiger partial charge in [0.05, 0.1) is 0 Å². The Morgan fingerprint density at radius 3 is 2.88 bits per heavy atom. The van der Waals surface area contributed by atoms with Crippen LogP contribution in [0.25, 0.3) is 0 Å². The fourth-order valence-corrected chi connectivity index (χ4v) is 2.91. The Labute approximate surface area is 105 Å². The first-order valence-corrected chi connectivity index (χ1v) is 7.24. The zero-order valence-electron chi connectivity index (χ0n) is 11.1. The van der Waals surface area contributed by atoms with Gasteiger partial charge < -0.3 is 10.6 Å². The summed E-state index contributed by atoms with van der Waals surface area (Å²) in [6.45, 7) is 4.28. The number of nitrogens with one attached hydrogen (secondary N) is 2. The molecule has 0 aromatic carbocycles. The lowest BCUT2D eigenvalue weighted by molar-refractivity contribution is -0.121. The summed E-state index contributed by atoms with van der Waals surface area (Å²) in [6, 6.07) is 0.589. The summed E-state index contributed by atoms with van der Waals surface area (Å²) < 4.78 is 0. The summed E-state index contributed by atoms with van der Waals surface area (Å²) in [7, 11) is 0. The Hall–Kier alpha value is -0.570. The summed E-state index contributed by atoms with van der Waals surface area (Å²) in [6.07, 6.45) is 9.35. The van der Waals surface area contributed by atoms with Gasteiger partial charge in [0, 0.05) is 19.0 Å². The molecule has 1 aliphatic carbocycles. The zero-order valence-corrected chi connectivity index (χ0v) is 11.1. The van der Waals surface area contributed by atoms with Gasteiger partial charge in [-0.25, -0.2) is 0 Å². The van der Waals surface area contributed by atoms with E-state index in [1.54, 1.807) is 0 Å². The van der Waals surface area contributed by atoms with Crippen LogP contribution in [0.1, 0.15) is 58.3 Å². The van der Waals surface area contributed by atoms with Crippen molar-refractivity contribution in [1.82, 2.24) is 10.6 Å². The van der Waals surface area contributed by atoms with Crippen LogP contribution in [-0.4, -0.2) is 25.0 Å². The molecule has 0 aromatic rings. The Balaban J connectivity index is 1.57. The molecule has 1 unspecified atom stereocenters. The second-order valence-corrected chi connectivity index (χ2v) is 5.86. The van der Waals surface area contributed by atoms with Crippen molar-refractivity contribution >= 4 is 5.91 Å². The Morgan fingerprint density at radius 1 is 1.47 bits per heavy atom. The van der Waals surface area contributed by atoms with E-state index >= 15 is 0 Å². The molecule has 1 saturated heterocycles. The third-order valence-electron chi connectivity index (χ3n) is 4.28. The molecular weight excluding hydrogens is 212 g/mol. The van der Waals surface area contributed by atoms with E-state index in [0.29, 0.717) is 17.9 Å². The average molecular weight is 238 g/mol. The highest BCUT2D eigenvalue weighted by Crippen LogP contribution is 2.48. The van der Waals surface area contributed by atoms with Gasteiger partial charge in [-0.2, -0.15) is 0 Å². The number of hydrogen-bond donors (Lipinski definition) is 2. The Kier molecular flexibility index (Phi) is 4.43. The Morgan fingerprint density at radius 2 is 2.29 bits per heavy atom. The first-order chi connectivity index (χ1) is 8.24. The van der Waals surface area contributed by atoms with Gasteiger partial charge in [-0.05, 0) is 50.5 Å². The number of carbonyl (C=O) groups excluding carboxylic acids is 1. The van der Waals surface area contributed by atoms with Gasteiger partial charge in [0.25, 0.3) is 0 Å². The van der Waals surface area contributed by atoms with E-state index in [9.17, 15) is 4.79 Å². The molecule has 0 bridgehead atoms. The van der Waals surface area contributed by atoms with Crippen LogP contribution in [0.5, 0.6) is 0 Å². The highest BCUT2D eigenvalue weighted by Gasteiger charge is 2.41. The van der Waals surface area contributed by atoms with Crippen LogP contribution in [0.2, 0.25) is 0 Å². The smallest absolute Gasteiger partial charge is 0.220 e. The van der Waals surface area contributed by atoms with Gasteiger partial charge in [-0.1, -0.05) is 13.3 Å². The molecule has 98 valence electrons. The van der Waals surface area contributed by atoms with Crippen molar-refractivity contribution in [2.45, 2.75) is 64.3 Å². The quantitative estimate of drug-likeness (QED) is 0.714. The highest BCUT2D eigenvalue weighted by molar-refractivity contribution is 5.76. The first kappa shape index (κ1) is 12.9. The van der Waals surface area contributed by atoms with Crippen molar-refractivity contribution in [3.05, 3.63) is 0 Å². The third-order valence-corrected chi connectivity index (χ3v) is 4.28. The van der Waals surface area contributed by atoms with E-state index < -0.39 is 0 Å². The average Bonchev–Trinajstić information content (AvgIpc) is 2.90. The molecule has 1 heterocycles. The lowest BCUT2D eigenvalue weighted by Gasteiger charge is -2.15. The minimum Gasteiger partial charge on any atom is -0.356 e. The predicted octanol–water partition coefficient (Wildman–Crippen LogP) is 2.22. The fourth-order valence-electron chi connectivity index (χ4n) is 2.91. The summed E-state index contributed by atoms with van der Waals surface area (Å²) in [4.78, 5) is 11.7. The topological polar surface area (TPSA) is 41.1 Å². The SMILES string of the molecule is CCCC1(CNC(=O)CCC2CCCN2)CC1. The molecule has 1 aliphatic heterocycles. The second-order valence-electron chi connectivity index (χ2n) is 5.86. The van der Waals surface area contributed by atoms with Gasteiger partial charge in [-0.3, -0.25) is 4.79 Å². The van der Waals surface area contributed by atoms with E-state index in [1.165, 1.54) is 38.5 Å². The first-order valence-electron chi connectivity index (χ1n) is 7.24. The van der Waals surface area contributed by atoms with E-state index in [1.807, 2.05) is 0 Å².